The van der Waals surface area contributed by atoms with E-state index in [1.165, 1.54) is 11.3 Å². The van der Waals surface area contributed by atoms with Crippen molar-refractivity contribution in [2.75, 3.05) is 39.4 Å². The molecule has 3 N–H and O–H groups in total. The molecule has 1 aliphatic rings. The van der Waals surface area contributed by atoms with Crippen LogP contribution in [0.2, 0.25) is 5.02 Å². The minimum absolute atomic E-state index is 0.0833. The molecule has 0 radical (unpaired) electrons. The van der Waals surface area contributed by atoms with Gasteiger partial charge in [-0.2, -0.15) is 5.10 Å². The number of halogens is 1. The first-order valence-electron chi connectivity index (χ1n) is 11.0. The molecule has 35 heavy (non-hydrogen) atoms. The zero-order chi connectivity index (χ0) is 24.8. The first-order valence-corrected chi connectivity index (χ1v) is 13.1. The number of hydrogen-bond donors (Lipinski definition) is 3. The zero-order valence-corrected chi connectivity index (χ0v) is 21.4. The molecule has 2 aromatic heterocycles. The Labute approximate surface area is 216 Å². The van der Waals surface area contributed by atoms with Crippen LogP contribution in [0.3, 0.4) is 0 Å². The average molecular weight is 533 g/mol. The second-order valence-corrected chi connectivity index (χ2v) is 10.2. The van der Waals surface area contributed by atoms with Gasteiger partial charge in [0.2, 0.25) is 0 Å². The van der Waals surface area contributed by atoms with E-state index in [1.807, 2.05) is 12.1 Å². The summed E-state index contributed by atoms with van der Waals surface area (Å²) in [4.78, 5) is 28.7. The van der Waals surface area contributed by atoms with Crippen molar-refractivity contribution in [1.82, 2.24) is 15.6 Å². The van der Waals surface area contributed by atoms with E-state index in [0.29, 0.717) is 50.7 Å². The lowest BCUT2D eigenvalue weighted by Gasteiger charge is -2.26. The maximum absolute atomic E-state index is 12.6. The highest BCUT2D eigenvalue weighted by molar-refractivity contribution is 7.16. The van der Waals surface area contributed by atoms with Crippen molar-refractivity contribution >= 4 is 51.8 Å². The van der Waals surface area contributed by atoms with Gasteiger partial charge in [-0.05, 0) is 36.8 Å². The van der Waals surface area contributed by atoms with E-state index in [4.69, 9.17) is 16.3 Å². The van der Waals surface area contributed by atoms with Crippen molar-refractivity contribution < 1.29 is 19.4 Å². The molecule has 0 unspecified atom stereocenters. The van der Waals surface area contributed by atoms with Gasteiger partial charge < -0.3 is 15.2 Å². The third kappa shape index (κ3) is 6.47. The van der Waals surface area contributed by atoms with Crippen LogP contribution in [0.5, 0.6) is 5.75 Å². The molecular formula is C24H25ClN4O4S2. The Morgan fingerprint density at radius 3 is 2.66 bits per heavy atom. The number of ether oxygens (including phenoxy) is 1. The number of hydrazone groups is 1. The zero-order valence-electron chi connectivity index (χ0n) is 19.0. The topological polar surface area (TPSA) is 103 Å². The summed E-state index contributed by atoms with van der Waals surface area (Å²) in [6.45, 7) is 6.15. The van der Waals surface area contributed by atoms with Crippen molar-refractivity contribution in [3.8, 4) is 16.2 Å². The fourth-order valence-corrected chi connectivity index (χ4v) is 5.52. The number of nitrogens with zero attached hydrogens (tertiary/aromatic N) is 2. The molecule has 0 saturated carbocycles. The number of hydrogen-bond acceptors (Lipinski definition) is 8. The molecular weight excluding hydrogens is 508 g/mol. The van der Waals surface area contributed by atoms with Crippen LogP contribution < -0.4 is 10.7 Å². The highest BCUT2D eigenvalue weighted by atomic mass is 35.5. The van der Waals surface area contributed by atoms with Gasteiger partial charge in [0.05, 0.1) is 39.1 Å². The van der Waals surface area contributed by atoms with Gasteiger partial charge in [-0.15, -0.1) is 22.7 Å². The summed E-state index contributed by atoms with van der Waals surface area (Å²) in [6.07, 6.45) is 0. The Hall–Kier alpha value is -2.76. The Kier molecular flexibility index (Phi) is 8.53. The van der Waals surface area contributed by atoms with Gasteiger partial charge in [0.1, 0.15) is 5.75 Å². The quantitative estimate of drug-likeness (QED) is 0.300. The molecule has 1 aromatic carbocycles. The van der Waals surface area contributed by atoms with E-state index >= 15 is 0 Å². The van der Waals surface area contributed by atoms with Crippen molar-refractivity contribution in [3.63, 3.8) is 0 Å². The maximum atomic E-state index is 12.6. The van der Waals surface area contributed by atoms with E-state index in [2.05, 4.69) is 20.7 Å². The van der Waals surface area contributed by atoms with Gasteiger partial charge in [0.15, 0.2) is 0 Å². The van der Waals surface area contributed by atoms with Gasteiger partial charge in [-0.25, -0.2) is 5.43 Å². The minimum Gasteiger partial charge on any atom is -0.506 e. The number of nitrogens with one attached hydrogen (secondary N) is 2. The minimum atomic E-state index is -0.425. The molecule has 1 aliphatic heterocycles. The number of aromatic hydroxyl groups is 1. The molecule has 0 atom stereocenters. The third-order valence-corrected chi connectivity index (χ3v) is 7.77. The molecule has 8 nitrogen and oxygen atoms in total. The van der Waals surface area contributed by atoms with Crippen molar-refractivity contribution in [2.45, 2.75) is 6.92 Å². The maximum Gasteiger partial charge on any atom is 0.281 e. The molecule has 3 aromatic rings. The Morgan fingerprint density at radius 2 is 1.91 bits per heavy atom. The Bertz CT molecular complexity index is 1230. The van der Waals surface area contributed by atoms with Gasteiger partial charge >= 0.3 is 0 Å². The standard InChI is InChI=1S/C24H25ClN4O4S2/c1-15(18-14-34-22(21(18)30)16-3-2-4-17(25)13-16)27-28-24(32)20-6-5-19(35-20)23(31)26-7-8-29-9-11-33-12-10-29/h2-6,13-14,30H,7-12H2,1H3,(H,26,31)(H,28,32). The summed E-state index contributed by atoms with van der Waals surface area (Å²) >= 11 is 8.53. The molecule has 4 rings (SSSR count). The fraction of sp³-hybridized carbons (Fsp3) is 0.292. The highest BCUT2D eigenvalue weighted by Gasteiger charge is 2.17. The SMILES string of the molecule is CC(=NNC(=O)c1ccc(C(=O)NCCN2CCOCC2)s1)c1csc(-c2cccc(Cl)c2)c1O. The van der Waals surface area contributed by atoms with Crippen LogP contribution in [0.4, 0.5) is 0 Å². The number of amides is 2. The highest BCUT2D eigenvalue weighted by Crippen LogP contribution is 2.39. The van der Waals surface area contributed by atoms with Crippen molar-refractivity contribution in [2.24, 2.45) is 5.10 Å². The van der Waals surface area contributed by atoms with Crippen LogP contribution >= 0.6 is 34.3 Å². The van der Waals surface area contributed by atoms with Gasteiger partial charge in [-0.3, -0.25) is 14.5 Å². The Balaban J connectivity index is 1.33. The lowest BCUT2D eigenvalue weighted by atomic mass is 10.1. The van der Waals surface area contributed by atoms with E-state index < -0.39 is 5.91 Å². The number of carbonyl (C=O) groups excluding carboxylic acids is 2. The summed E-state index contributed by atoms with van der Waals surface area (Å²) in [7, 11) is 0. The number of morpholine rings is 1. The van der Waals surface area contributed by atoms with Crippen molar-refractivity contribution in [3.05, 3.63) is 62.1 Å². The number of thiophene rings is 2. The van der Waals surface area contributed by atoms with Crippen LogP contribution in [-0.2, 0) is 4.74 Å². The van der Waals surface area contributed by atoms with Crippen molar-refractivity contribution in [1.29, 1.82) is 0 Å². The summed E-state index contributed by atoms with van der Waals surface area (Å²) in [5, 5.41) is 20.1. The van der Waals surface area contributed by atoms with E-state index in [-0.39, 0.29) is 11.7 Å². The first-order chi connectivity index (χ1) is 16.9. The van der Waals surface area contributed by atoms with Crippen LogP contribution in [-0.4, -0.2) is 66.9 Å². The van der Waals surface area contributed by atoms with Crippen LogP contribution in [0.15, 0.2) is 46.9 Å². The monoisotopic (exact) mass is 532 g/mol. The van der Waals surface area contributed by atoms with Crippen LogP contribution in [0.1, 0.15) is 31.8 Å². The van der Waals surface area contributed by atoms with Gasteiger partial charge in [-0.1, -0.05) is 23.7 Å². The number of carbonyl (C=O) groups is 2. The second kappa shape index (κ2) is 11.8. The molecule has 1 saturated heterocycles. The van der Waals surface area contributed by atoms with E-state index in [9.17, 15) is 14.7 Å². The molecule has 0 aliphatic carbocycles. The summed E-state index contributed by atoms with van der Waals surface area (Å²) < 4.78 is 5.32. The van der Waals surface area contributed by atoms with Crippen LogP contribution in [0.25, 0.3) is 10.4 Å². The predicted molar refractivity (Wildman–Crippen MR) is 140 cm³/mol. The fourth-order valence-electron chi connectivity index (χ4n) is 3.51. The molecule has 2 amide bonds. The number of benzene rings is 1. The molecule has 0 spiro atoms. The summed E-state index contributed by atoms with van der Waals surface area (Å²) in [5.41, 5.74) is 4.29. The summed E-state index contributed by atoms with van der Waals surface area (Å²) in [5.74, 6) is -0.551. The Morgan fingerprint density at radius 1 is 1.17 bits per heavy atom. The molecule has 184 valence electrons. The molecule has 3 heterocycles. The second-order valence-electron chi connectivity index (χ2n) is 7.85. The lowest BCUT2D eigenvalue weighted by Crippen LogP contribution is -2.41. The predicted octanol–water partition coefficient (Wildman–Crippen LogP) is 4.05. The molecule has 11 heteroatoms. The van der Waals surface area contributed by atoms with Crippen LogP contribution in [0, 0.1) is 0 Å². The number of rotatable bonds is 8. The van der Waals surface area contributed by atoms with E-state index in [0.717, 1.165) is 36.5 Å². The average Bonchev–Trinajstić information content (AvgIpc) is 3.50. The third-order valence-electron chi connectivity index (χ3n) is 5.44. The normalized spacial score (nSPS) is 14.6. The molecule has 0 bridgehead atoms. The van der Waals surface area contributed by atoms with E-state index in [1.54, 1.807) is 36.6 Å². The van der Waals surface area contributed by atoms with Gasteiger partial charge in [0, 0.05) is 36.6 Å². The smallest absolute Gasteiger partial charge is 0.281 e. The molecule has 1 fully saturated rings. The lowest BCUT2D eigenvalue weighted by molar-refractivity contribution is 0.0383. The summed E-state index contributed by atoms with van der Waals surface area (Å²) in [6, 6.07) is 10.4. The van der Waals surface area contributed by atoms with Gasteiger partial charge in [0.25, 0.3) is 11.8 Å². The largest absolute Gasteiger partial charge is 0.506 e. The first kappa shape index (κ1) is 25.3.